The Hall–Kier alpha value is -4.96. The second-order valence-corrected chi connectivity index (χ2v) is 13.0. The first-order valence-corrected chi connectivity index (χ1v) is 16.2. The Labute approximate surface area is 257 Å². The Bertz CT molecular complexity index is 2470. The van der Waals surface area contributed by atoms with Crippen molar-refractivity contribution in [3.8, 4) is 11.1 Å². The van der Waals surface area contributed by atoms with Gasteiger partial charge in [0.05, 0.1) is 11.4 Å². The number of nitrogens with zero attached hydrogens (tertiary/aromatic N) is 1. The minimum atomic E-state index is 1.16. The van der Waals surface area contributed by atoms with Crippen LogP contribution >= 0.6 is 22.7 Å². The zero-order valence-corrected chi connectivity index (χ0v) is 24.8. The van der Waals surface area contributed by atoms with Gasteiger partial charge in [0.2, 0.25) is 0 Å². The number of benzene rings is 7. The van der Waals surface area contributed by atoms with Gasteiger partial charge in [0.15, 0.2) is 0 Å². The van der Waals surface area contributed by atoms with E-state index < -0.39 is 0 Å². The van der Waals surface area contributed by atoms with Gasteiger partial charge in [-0.05, 0) is 42.0 Å². The first kappa shape index (κ1) is 24.6. The van der Waals surface area contributed by atoms with Crippen LogP contribution in [-0.4, -0.2) is 0 Å². The molecule has 202 valence electrons. The Morgan fingerprint density at radius 1 is 0.372 bits per heavy atom. The zero-order chi connectivity index (χ0) is 28.3. The largest absolute Gasteiger partial charge is 0.309 e. The second kappa shape index (κ2) is 9.81. The summed E-state index contributed by atoms with van der Waals surface area (Å²) < 4.78 is 5.30. The molecule has 9 aromatic rings. The Balaban J connectivity index is 1.35. The fourth-order valence-electron chi connectivity index (χ4n) is 6.51. The lowest BCUT2D eigenvalue weighted by atomic mass is 9.99. The molecule has 0 saturated heterocycles. The number of hydrogen-bond acceptors (Lipinski definition) is 3. The van der Waals surface area contributed by atoms with Crippen LogP contribution in [0, 0.1) is 0 Å². The number of para-hydroxylation sites is 1. The smallest absolute Gasteiger partial charge is 0.0540 e. The van der Waals surface area contributed by atoms with Crippen molar-refractivity contribution in [1.29, 1.82) is 0 Å². The molecule has 3 heteroatoms. The van der Waals surface area contributed by atoms with Crippen LogP contribution in [0.3, 0.4) is 0 Å². The highest BCUT2D eigenvalue weighted by atomic mass is 32.1. The molecule has 0 aliphatic heterocycles. The van der Waals surface area contributed by atoms with Gasteiger partial charge in [-0.2, -0.15) is 0 Å². The molecule has 0 aliphatic rings. The van der Waals surface area contributed by atoms with Gasteiger partial charge in [-0.15, -0.1) is 22.7 Å². The maximum absolute atomic E-state index is 2.47. The molecule has 2 heterocycles. The van der Waals surface area contributed by atoms with Crippen LogP contribution in [0.25, 0.3) is 62.2 Å². The molecule has 7 aromatic carbocycles. The van der Waals surface area contributed by atoms with Gasteiger partial charge in [0.1, 0.15) is 0 Å². The summed E-state index contributed by atoms with van der Waals surface area (Å²) in [5.41, 5.74) is 5.92. The Morgan fingerprint density at radius 2 is 0.953 bits per heavy atom. The van der Waals surface area contributed by atoms with Crippen LogP contribution in [0.2, 0.25) is 0 Å². The van der Waals surface area contributed by atoms with Crippen LogP contribution in [0.1, 0.15) is 0 Å². The summed E-state index contributed by atoms with van der Waals surface area (Å²) in [7, 11) is 0. The molecule has 0 radical (unpaired) electrons. The third-order valence-electron chi connectivity index (χ3n) is 8.47. The van der Waals surface area contributed by atoms with Crippen LogP contribution in [0.4, 0.5) is 17.1 Å². The topological polar surface area (TPSA) is 3.24 Å². The van der Waals surface area contributed by atoms with Crippen molar-refractivity contribution in [1.82, 2.24) is 0 Å². The average Bonchev–Trinajstić information content (AvgIpc) is 3.64. The van der Waals surface area contributed by atoms with E-state index in [9.17, 15) is 0 Å². The number of fused-ring (bicyclic) bond motifs is 8. The highest BCUT2D eigenvalue weighted by molar-refractivity contribution is 7.26. The predicted octanol–water partition coefficient (Wildman–Crippen LogP) is 12.7. The van der Waals surface area contributed by atoms with E-state index >= 15 is 0 Å². The fraction of sp³-hybridized carbons (Fsp3) is 0. The van der Waals surface area contributed by atoms with Crippen molar-refractivity contribution >= 4 is 90.9 Å². The predicted molar refractivity (Wildman–Crippen MR) is 190 cm³/mol. The highest BCUT2D eigenvalue weighted by Crippen LogP contribution is 2.47. The summed E-state index contributed by atoms with van der Waals surface area (Å²) >= 11 is 3.76. The number of rotatable bonds is 4. The molecule has 43 heavy (non-hydrogen) atoms. The Kier molecular flexibility index (Phi) is 5.62. The molecule has 0 N–H and O–H groups in total. The molecule has 0 fully saturated rings. The molecule has 0 amide bonds. The SMILES string of the molecule is c1ccc(-c2ccccc2N(c2ccc3c(c2)sc2ccccc23)c2cccc3c2ccc2c4ccccc4sc32)cc1. The summed E-state index contributed by atoms with van der Waals surface area (Å²) in [5, 5.41) is 7.83. The maximum Gasteiger partial charge on any atom is 0.0540 e. The van der Waals surface area contributed by atoms with Crippen LogP contribution < -0.4 is 4.90 Å². The molecule has 0 unspecified atom stereocenters. The summed E-state index contributed by atoms with van der Waals surface area (Å²) in [6.07, 6.45) is 0. The van der Waals surface area contributed by atoms with Gasteiger partial charge in [-0.25, -0.2) is 0 Å². The number of hydrogen-bond donors (Lipinski definition) is 0. The molecule has 1 nitrogen and oxygen atoms in total. The van der Waals surface area contributed by atoms with Gasteiger partial charge in [0, 0.05) is 62.4 Å². The molecule has 2 aromatic heterocycles. The minimum Gasteiger partial charge on any atom is -0.309 e. The zero-order valence-electron chi connectivity index (χ0n) is 23.2. The monoisotopic (exact) mass is 583 g/mol. The molecule has 0 bridgehead atoms. The summed E-state index contributed by atoms with van der Waals surface area (Å²) in [5.74, 6) is 0. The first-order chi connectivity index (χ1) is 21.3. The van der Waals surface area contributed by atoms with Gasteiger partial charge in [-0.1, -0.05) is 115 Å². The molecule has 0 spiro atoms. The van der Waals surface area contributed by atoms with Gasteiger partial charge in [0.25, 0.3) is 0 Å². The van der Waals surface area contributed by atoms with Crippen molar-refractivity contribution in [2.45, 2.75) is 0 Å². The van der Waals surface area contributed by atoms with Crippen LogP contribution in [0.5, 0.6) is 0 Å². The maximum atomic E-state index is 2.47. The van der Waals surface area contributed by atoms with E-state index in [0.29, 0.717) is 0 Å². The van der Waals surface area contributed by atoms with E-state index in [4.69, 9.17) is 0 Å². The second-order valence-electron chi connectivity index (χ2n) is 10.9. The average molecular weight is 584 g/mol. The molecule has 9 rings (SSSR count). The van der Waals surface area contributed by atoms with E-state index in [-0.39, 0.29) is 0 Å². The highest BCUT2D eigenvalue weighted by Gasteiger charge is 2.21. The van der Waals surface area contributed by atoms with Crippen molar-refractivity contribution in [3.05, 3.63) is 152 Å². The van der Waals surface area contributed by atoms with Crippen LogP contribution in [-0.2, 0) is 0 Å². The van der Waals surface area contributed by atoms with Gasteiger partial charge < -0.3 is 4.90 Å². The van der Waals surface area contributed by atoms with Crippen molar-refractivity contribution in [3.63, 3.8) is 0 Å². The molecular formula is C40H25NS2. The van der Waals surface area contributed by atoms with E-state index in [1.807, 2.05) is 22.7 Å². The van der Waals surface area contributed by atoms with E-state index in [2.05, 4.69) is 157 Å². The van der Waals surface area contributed by atoms with Crippen LogP contribution in [0.15, 0.2) is 152 Å². The summed E-state index contributed by atoms with van der Waals surface area (Å²) in [6, 6.07) is 55.4. The van der Waals surface area contributed by atoms with E-state index in [1.54, 1.807) is 0 Å². The molecular weight excluding hydrogens is 559 g/mol. The molecule has 0 aliphatic carbocycles. The third kappa shape index (κ3) is 3.90. The minimum absolute atomic E-state index is 1.16. The normalized spacial score (nSPS) is 11.7. The van der Waals surface area contributed by atoms with Crippen molar-refractivity contribution in [2.75, 3.05) is 4.90 Å². The summed E-state index contributed by atoms with van der Waals surface area (Å²) in [4.78, 5) is 2.47. The fourth-order valence-corrected chi connectivity index (χ4v) is 8.88. The quantitative estimate of drug-likeness (QED) is 0.199. The summed E-state index contributed by atoms with van der Waals surface area (Å²) in [6.45, 7) is 0. The standard InChI is InChI=1S/C40H25NS2/c1-2-11-26(12-3-1)28-13-4-7-17-35(28)41(27-21-22-32-30-14-5-8-19-37(30)42-39(32)25-27)36-18-10-16-33-29(36)23-24-34-31-15-6-9-20-38(31)43-40(33)34/h1-25H. The number of thiophene rings is 2. The lowest BCUT2D eigenvalue weighted by Gasteiger charge is -2.29. The lowest BCUT2D eigenvalue weighted by Crippen LogP contribution is -2.11. The van der Waals surface area contributed by atoms with E-state index in [1.165, 1.54) is 67.9 Å². The molecule has 0 atom stereocenters. The lowest BCUT2D eigenvalue weighted by molar-refractivity contribution is 1.30. The first-order valence-electron chi connectivity index (χ1n) is 14.5. The molecule has 0 saturated carbocycles. The van der Waals surface area contributed by atoms with E-state index in [0.717, 1.165) is 11.4 Å². The van der Waals surface area contributed by atoms with Crippen molar-refractivity contribution < 1.29 is 0 Å². The van der Waals surface area contributed by atoms with Gasteiger partial charge in [-0.3, -0.25) is 0 Å². The number of anilines is 3. The Morgan fingerprint density at radius 3 is 1.81 bits per heavy atom. The van der Waals surface area contributed by atoms with Crippen molar-refractivity contribution in [2.24, 2.45) is 0 Å². The van der Waals surface area contributed by atoms with Gasteiger partial charge >= 0.3 is 0 Å². The third-order valence-corrected chi connectivity index (χ3v) is 10.8.